The van der Waals surface area contributed by atoms with Crippen molar-refractivity contribution in [2.75, 3.05) is 18.4 Å². The molecular weight excluding hydrogens is 366 g/mol. The number of fused-ring (bicyclic) bond motifs is 3. The molecule has 3 aliphatic heterocycles. The SMILES string of the molecule is O=C(Nc1ccccc1)[C@H]1C[NH+]2CC[C@@H]1C[C@@H]2Cn1cc(C2(O)CCCC2)nn1. The summed E-state index contributed by atoms with van der Waals surface area (Å²) in [5.74, 6) is 0.673. The van der Waals surface area contributed by atoms with Crippen molar-refractivity contribution in [1.29, 1.82) is 0 Å². The van der Waals surface area contributed by atoms with Gasteiger partial charge < -0.3 is 15.3 Å². The standard InChI is InChI=1S/C22H29N5O2/c28-21(23-17-6-2-1-3-7-17)19-14-26-11-8-16(19)12-18(26)13-27-15-20(24-25-27)22(29)9-4-5-10-22/h1-3,6-7,15-16,18-19,29H,4-5,8-14H2,(H,23,28)/p+1/t16-,18-,19+/m1/s1. The summed E-state index contributed by atoms with van der Waals surface area (Å²) < 4.78 is 1.91. The van der Waals surface area contributed by atoms with Crippen LogP contribution in [0.3, 0.4) is 0 Å². The number of hydrogen-bond acceptors (Lipinski definition) is 4. The predicted molar refractivity (Wildman–Crippen MR) is 108 cm³/mol. The molecule has 2 aromatic rings. The highest BCUT2D eigenvalue weighted by molar-refractivity contribution is 5.92. The van der Waals surface area contributed by atoms with Crippen molar-refractivity contribution in [2.24, 2.45) is 11.8 Å². The molecule has 7 heteroatoms. The molecular formula is C22H30N5O2+. The number of aliphatic hydroxyl groups is 1. The zero-order valence-electron chi connectivity index (χ0n) is 16.8. The van der Waals surface area contributed by atoms with Crippen molar-refractivity contribution in [2.45, 2.75) is 56.7 Å². The Hall–Kier alpha value is -2.25. The Kier molecular flexibility index (Phi) is 4.87. The van der Waals surface area contributed by atoms with E-state index in [1.165, 1.54) is 4.90 Å². The first-order valence-electron chi connectivity index (χ1n) is 10.9. The van der Waals surface area contributed by atoms with Gasteiger partial charge in [0.25, 0.3) is 0 Å². The molecule has 3 N–H and O–H groups in total. The largest absolute Gasteiger partial charge is 0.383 e. The van der Waals surface area contributed by atoms with Gasteiger partial charge in [0.1, 0.15) is 17.3 Å². The molecule has 1 saturated carbocycles. The fourth-order valence-electron chi connectivity index (χ4n) is 5.62. The number of anilines is 1. The van der Waals surface area contributed by atoms with Crippen molar-refractivity contribution in [3.05, 3.63) is 42.2 Å². The van der Waals surface area contributed by atoms with E-state index < -0.39 is 5.60 Å². The zero-order chi connectivity index (χ0) is 19.8. The topological polar surface area (TPSA) is 84.5 Å². The monoisotopic (exact) mass is 396 g/mol. The van der Waals surface area contributed by atoms with Gasteiger partial charge in [-0.2, -0.15) is 0 Å². The molecule has 4 aliphatic rings. The number of para-hydroxylation sites is 1. The van der Waals surface area contributed by atoms with Gasteiger partial charge >= 0.3 is 0 Å². The molecule has 3 saturated heterocycles. The fourth-order valence-corrected chi connectivity index (χ4v) is 5.62. The van der Waals surface area contributed by atoms with Gasteiger partial charge in [0, 0.05) is 18.5 Å². The number of quaternary nitrogens is 1. The van der Waals surface area contributed by atoms with Crippen LogP contribution in [0.25, 0.3) is 0 Å². The Bertz CT molecular complexity index is 861. The first-order chi connectivity index (χ1) is 14.1. The van der Waals surface area contributed by atoms with Crippen molar-refractivity contribution >= 4 is 11.6 Å². The Balaban J connectivity index is 1.22. The summed E-state index contributed by atoms with van der Waals surface area (Å²) in [6.45, 7) is 2.82. The lowest BCUT2D eigenvalue weighted by atomic mass is 9.75. The highest BCUT2D eigenvalue weighted by Crippen LogP contribution is 2.37. The van der Waals surface area contributed by atoms with E-state index in [1.54, 1.807) is 0 Å². The van der Waals surface area contributed by atoms with Crippen LogP contribution in [0.5, 0.6) is 0 Å². The normalized spacial score (nSPS) is 30.4. The highest BCUT2D eigenvalue weighted by Gasteiger charge is 2.46. The molecule has 1 aliphatic carbocycles. The average molecular weight is 397 g/mol. The van der Waals surface area contributed by atoms with Gasteiger partial charge in [-0.3, -0.25) is 4.79 Å². The molecule has 4 fully saturated rings. The predicted octanol–water partition coefficient (Wildman–Crippen LogP) is 0.972. The van der Waals surface area contributed by atoms with Gasteiger partial charge in [0.2, 0.25) is 5.91 Å². The lowest BCUT2D eigenvalue weighted by Gasteiger charge is -2.46. The van der Waals surface area contributed by atoms with E-state index in [-0.39, 0.29) is 11.8 Å². The van der Waals surface area contributed by atoms with E-state index in [4.69, 9.17) is 0 Å². The molecule has 1 unspecified atom stereocenters. The Morgan fingerprint density at radius 2 is 2.07 bits per heavy atom. The Morgan fingerprint density at radius 1 is 1.28 bits per heavy atom. The summed E-state index contributed by atoms with van der Waals surface area (Å²) >= 11 is 0. The number of rotatable bonds is 5. The number of benzene rings is 1. The van der Waals surface area contributed by atoms with Crippen molar-refractivity contribution < 1.29 is 14.8 Å². The molecule has 6 rings (SSSR count). The van der Waals surface area contributed by atoms with Gasteiger partial charge in [-0.05, 0) is 30.9 Å². The lowest BCUT2D eigenvalue weighted by molar-refractivity contribution is -0.945. The van der Waals surface area contributed by atoms with Crippen LogP contribution < -0.4 is 10.2 Å². The molecule has 29 heavy (non-hydrogen) atoms. The number of carbonyl (C=O) groups excluding carboxylic acids is 1. The van der Waals surface area contributed by atoms with E-state index in [1.807, 2.05) is 41.2 Å². The van der Waals surface area contributed by atoms with Gasteiger partial charge in [0.05, 0.1) is 31.7 Å². The van der Waals surface area contributed by atoms with E-state index >= 15 is 0 Å². The number of amides is 1. The minimum absolute atomic E-state index is 0.0840. The number of nitrogens with one attached hydrogen (secondary N) is 2. The smallest absolute Gasteiger partial charge is 0.233 e. The van der Waals surface area contributed by atoms with Crippen molar-refractivity contribution in [3.63, 3.8) is 0 Å². The first-order valence-corrected chi connectivity index (χ1v) is 10.9. The maximum atomic E-state index is 12.8. The molecule has 1 aromatic heterocycles. The van der Waals surface area contributed by atoms with E-state index in [0.29, 0.717) is 12.0 Å². The second kappa shape index (κ2) is 7.54. The number of piperidine rings is 3. The summed E-state index contributed by atoms with van der Waals surface area (Å²) in [7, 11) is 0. The quantitative estimate of drug-likeness (QED) is 0.703. The molecule has 0 spiro atoms. The fraction of sp³-hybridized carbons (Fsp3) is 0.591. The minimum atomic E-state index is -0.780. The van der Waals surface area contributed by atoms with Crippen LogP contribution in [0.2, 0.25) is 0 Å². The molecule has 1 aromatic carbocycles. The van der Waals surface area contributed by atoms with Crippen molar-refractivity contribution in [3.8, 4) is 0 Å². The van der Waals surface area contributed by atoms with Gasteiger partial charge in [0.15, 0.2) is 0 Å². The van der Waals surface area contributed by atoms with Gasteiger partial charge in [-0.15, -0.1) is 5.10 Å². The van der Waals surface area contributed by atoms with Crippen LogP contribution in [0.1, 0.15) is 44.2 Å². The molecule has 0 radical (unpaired) electrons. The summed E-state index contributed by atoms with van der Waals surface area (Å²) in [5.41, 5.74) is 0.819. The third kappa shape index (κ3) is 3.69. The Morgan fingerprint density at radius 3 is 2.79 bits per heavy atom. The molecule has 2 bridgehead atoms. The number of aromatic nitrogens is 3. The number of nitrogens with zero attached hydrogens (tertiary/aromatic N) is 3. The molecule has 1 amide bonds. The zero-order valence-corrected chi connectivity index (χ0v) is 16.8. The van der Waals surface area contributed by atoms with Crippen LogP contribution in [0.15, 0.2) is 36.5 Å². The third-order valence-corrected chi connectivity index (χ3v) is 7.28. The number of hydrogen-bond donors (Lipinski definition) is 3. The van der Waals surface area contributed by atoms with Crippen LogP contribution in [-0.4, -0.2) is 45.1 Å². The maximum absolute atomic E-state index is 12.8. The summed E-state index contributed by atoms with van der Waals surface area (Å²) in [5, 5.41) is 22.4. The third-order valence-electron chi connectivity index (χ3n) is 7.28. The summed E-state index contributed by atoms with van der Waals surface area (Å²) in [6.07, 6.45) is 7.77. The van der Waals surface area contributed by atoms with Gasteiger partial charge in [-0.25, -0.2) is 4.68 Å². The van der Waals surface area contributed by atoms with E-state index in [0.717, 1.165) is 69.5 Å². The van der Waals surface area contributed by atoms with Crippen LogP contribution >= 0.6 is 0 Å². The molecule has 7 nitrogen and oxygen atoms in total. The van der Waals surface area contributed by atoms with Crippen LogP contribution in [-0.2, 0) is 16.9 Å². The van der Waals surface area contributed by atoms with E-state index in [9.17, 15) is 9.90 Å². The molecule has 4 atom stereocenters. The van der Waals surface area contributed by atoms with Crippen LogP contribution in [0.4, 0.5) is 5.69 Å². The second-order valence-electron chi connectivity index (χ2n) is 9.12. The van der Waals surface area contributed by atoms with Crippen molar-refractivity contribution in [1.82, 2.24) is 15.0 Å². The molecule has 154 valence electrons. The maximum Gasteiger partial charge on any atom is 0.233 e. The van der Waals surface area contributed by atoms with E-state index in [2.05, 4.69) is 15.6 Å². The van der Waals surface area contributed by atoms with Gasteiger partial charge in [-0.1, -0.05) is 36.3 Å². The Labute approximate surface area is 171 Å². The van der Waals surface area contributed by atoms with Crippen LogP contribution in [0, 0.1) is 11.8 Å². The minimum Gasteiger partial charge on any atom is -0.383 e. The summed E-state index contributed by atoms with van der Waals surface area (Å²) in [4.78, 5) is 14.3. The molecule has 4 heterocycles. The highest BCUT2D eigenvalue weighted by atomic mass is 16.3. The average Bonchev–Trinajstić information content (AvgIpc) is 3.39. The lowest BCUT2D eigenvalue weighted by Crippen LogP contribution is -3.20. The second-order valence-corrected chi connectivity index (χ2v) is 9.12. The first kappa shape index (κ1) is 18.8. The summed E-state index contributed by atoms with van der Waals surface area (Å²) in [6, 6.07) is 10.2. The number of carbonyl (C=O) groups is 1.